The Balaban J connectivity index is 2.37. The van der Waals surface area contributed by atoms with Crippen molar-refractivity contribution >= 4 is 17.9 Å². The lowest BCUT2D eigenvalue weighted by Crippen LogP contribution is -1.97. The fourth-order valence-electron chi connectivity index (χ4n) is 1.82. The number of phenolic OH excluding ortho intramolecular Hbond substituents is 2. The summed E-state index contributed by atoms with van der Waals surface area (Å²) in [7, 11) is 0. The molecule has 5 nitrogen and oxygen atoms in total. The van der Waals surface area contributed by atoms with E-state index >= 15 is 0 Å². The molecule has 0 atom stereocenters. The van der Waals surface area contributed by atoms with Crippen LogP contribution in [-0.2, 0) is 6.42 Å². The summed E-state index contributed by atoms with van der Waals surface area (Å²) in [6, 6.07) is 9.03. The third kappa shape index (κ3) is 3.39. The van der Waals surface area contributed by atoms with E-state index in [0.29, 0.717) is 5.69 Å². The monoisotopic (exact) mass is 285 g/mol. The van der Waals surface area contributed by atoms with Crippen LogP contribution in [0, 0.1) is 0 Å². The summed E-state index contributed by atoms with van der Waals surface area (Å²) in [5.41, 5.74) is 1.72. The molecule has 2 aromatic carbocycles. The number of aromatic hydroxyl groups is 2. The van der Waals surface area contributed by atoms with Crippen LogP contribution in [0.25, 0.3) is 0 Å². The lowest BCUT2D eigenvalue weighted by Gasteiger charge is -2.03. The third-order valence-corrected chi connectivity index (χ3v) is 3.07. The van der Waals surface area contributed by atoms with Gasteiger partial charge in [-0.2, -0.15) is 0 Å². The second-order valence-electron chi connectivity index (χ2n) is 4.51. The van der Waals surface area contributed by atoms with E-state index in [9.17, 15) is 15.0 Å². The number of aromatic carboxylic acids is 1. The van der Waals surface area contributed by atoms with Crippen LogP contribution in [0.15, 0.2) is 41.4 Å². The van der Waals surface area contributed by atoms with Crippen LogP contribution in [-0.4, -0.2) is 27.5 Å². The maximum Gasteiger partial charge on any atom is 0.335 e. The first-order chi connectivity index (χ1) is 10.0. The molecule has 108 valence electrons. The number of carbonyl (C=O) groups is 1. The van der Waals surface area contributed by atoms with Crippen molar-refractivity contribution in [3.63, 3.8) is 0 Å². The molecule has 0 aliphatic rings. The van der Waals surface area contributed by atoms with Gasteiger partial charge in [-0.25, -0.2) is 4.79 Å². The molecule has 0 heterocycles. The number of phenols is 2. The maximum atomic E-state index is 10.9. The molecule has 0 aliphatic heterocycles. The Labute approximate surface area is 121 Å². The van der Waals surface area contributed by atoms with Gasteiger partial charge in [-0.15, -0.1) is 0 Å². The highest BCUT2D eigenvalue weighted by Crippen LogP contribution is 2.28. The van der Waals surface area contributed by atoms with Gasteiger partial charge in [0.2, 0.25) is 0 Å². The Kier molecular flexibility index (Phi) is 4.23. The van der Waals surface area contributed by atoms with Gasteiger partial charge in [0.15, 0.2) is 0 Å². The topological polar surface area (TPSA) is 90.1 Å². The van der Waals surface area contributed by atoms with Crippen LogP contribution in [0.2, 0.25) is 0 Å². The van der Waals surface area contributed by atoms with Crippen LogP contribution in [0.5, 0.6) is 11.5 Å². The first-order valence-electron chi connectivity index (χ1n) is 6.43. The maximum absolute atomic E-state index is 10.9. The Morgan fingerprint density at radius 1 is 1.14 bits per heavy atom. The molecule has 0 bridgehead atoms. The van der Waals surface area contributed by atoms with Crippen molar-refractivity contribution in [2.75, 3.05) is 0 Å². The molecule has 2 aromatic rings. The van der Waals surface area contributed by atoms with Gasteiger partial charge in [-0.3, -0.25) is 4.99 Å². The van der Waals surface area contributed by atoms with Crippen LogP contribution in [0.3, 0.4) is 0 Å². The lowest BCUT2D eigenvalue weighted by molar-refractivity contribution is 0.0697. The zero-order valence-corrected chi connectivity index (χ0v) is 11.4. The summed E-state index contributed by atoms with van der Waals surface area (Å²) in [6.45, 7) is 1.99. The normalized spacial score (nSPS) is 10.9. The quantitative estimate of drug-likeness (QED) is 0.753. The van der Waals surface area contributed by atoms with E-state index in [1.54, 1.807) is 18.2 Å². The fraction of sp³-hybridized carbons (Fsp3) is 0.125. The summed E-state index contributed by atoms with van der Waals surface area (Å²) in [4.78, 5) is 15.0. The molecule has 3 N–H and O–H groups in total. The molecule has 0 amide bonds. The van der Waals surface area contributed by atoms with Gasteiger partial charge in [-0.1, -0.05) is 13.0 Å². The number of carboxylic acid groups (broad SMARTS) is 1. The van der Waals surface area contributed by atoms with Gasteiger partial charge in [0.1, 0.15) is 17.2 Å². The number of hydrogen-bond acceptors (Lipinski definition) is 4. The molecule has 21 heavy (non-hydrogen) atoms. The molecular weight excluding hydrogens is 270 g/mol. The summed E-state index contributed by atoms with van der Waals surface area (Å²) >= 11 is 0. The fourth-order valence-corrected chi connectivity index (χ4v) is 1.82. The number of hydrogen-bond donors (Lipinski definition) is 3. The molecule has 0 spiro atoms. The number of aryl methyl sites for hydroxylation is 1. The smallest absolute Gasteiger partial charge is 0.335 e. The standard InChI is InChI=1S/C16H15NO4/c1-2-10-3-5-15(19)13(7-10)17-9-12-8-11(16(20)21)4-6-14(12)18/h3-9,18-19H,2H2,1H3,(H,20,21). The van der Waals surface area contributed by atoms with E-state index in [0.717, 1.165) is 12.0 Å². The predicted octanol–water partition coefficient (Wildman–Crippen LogP) is 3.11. The Morgan fingerprint density at radius 3 is 2.52 bits per heavy atom. The number of aliphatic imine (C=N–C) groups is 1. The molecule has 0 aliphatic carbocycles. The molecule has 0 fully saturated rings. The van der Waals surface area contributed by atoms with Crippen molar-refractivity contribution in [3.05, 3.63) is 53.1 Å². The zero-order chi connectivity index (χ0) is 15.4. The van der Waals surface area contributed by atoms with E-state index in [1.807, 2.05) is 6.92 Å². The van der Waals surface area contributed by atoms with Gasteiger partial charge in [-0.05, 0) is 42.3 Å². The zero-order valence-electron chi connectivity index (χ0n) is 11.4. The Hall–Kier alpha value is -2.82. The summed E-state index contributed by atoms with van der Waals surface area (Å²) in [5, 5.41) is 28.4. The van der Waals surface area contributed by atoms with Gasteiger partial charge in [0, 0.05) is 11.8 Å². The predicted molar refractivity (Wildman–Crippen MR) is 79.8 cm³/mol. The molecule has 0 unspecified atom stereocenters. The molecule has 0 saturated heterocycles. The van der Waals surface area contributed by atoms with Crippen molar-refractivity contribution in [3.8, 4) is 11.5 Å². The number of rotatable bonds is 4. The summed E-state index contributed by atoms with van der Waals surface area (Å²) in [5.74, 6) is -1.13. The minimum atomic E-state index is -1.08. The van der Waals surface area contributed by atoms with Crippen molar-refractivity contribution in [2.45, 2.75) is 13.3 Å². The van der Waals surface area contributed by atoms with Crippen LogP contribution in [0.1, 0.15) is 28.4 Å². The van der Waals surface area contributed by atoms with E-state index in [-0.39, 0.29) is 22.6 Å². The van der Waals surface area contributed by atoms with Gasteiger partial charge < -0.3 is 15.3 Å². The average molecular weight is 285 g/mol. The first kappa shape index (κ1) is 14.6. The minimum Gasteiger partial charge on any atom is -0.507 e. The Bertz CT molecular complexity index is 707. The van der Waals surface area contributed by atoms with E-state index in [1.165, 1.54) is 24.4 Å². The van der Waals surface area contributed by atoms with Crippen molar-refractivity contribution in [1.82, 2.24) is 0 Å². The second-order valence-corrected chi connectivity index (χ2v) is 4.51. The number of benzene rings is 2. The third-order valence-electron chi connectivity index (χ3n) is 3.07. The average Bonchev–Trinajstić information content (AvgIpc) is 2.47. The van der Waals surface area contributed by atoms with Crippen molar-refractivity contribution < 1.29 is 20.1 Å². The minimum absolute atomic E-state index is 0.0253. The number of carboxylic acids is 1. The molecular formula is C16H15NO4. The number of nitrogens with zero attached hydrogens (tertiary/aromatic N) is 1. The van der Waals surface area contributed by atoms with Gasteiger partial charge in [0.25, 0.3) is 0 Å². The first-order valence-corrected chi connectivity index (χ1v) is 6.43. The summed E-state index contributed by atoms with van der Waals surface area (Å²) in [6.07, 6.45) is 2.14. The van der Waals surface area contributed by atoms with E-state index < -0.39 is 5.97 Å². The van der Waals surface area contributed by atoms with E-state index in [4.69, 9.17) is 5.11 Å². The Morgan fingerprint density at radius 2 is 1.86 bits per heavy atom. The molecule has 2 rings (SSSR count). The van der Waals surface area contributed by atoms with Crippen molar-refractivity contribution in [2.24, 2.45) is 4.99 Å². The highest BCUT2D eigenvalue weighted by Gasteiger charge is 2.07. The lowest BCUT2D eigenvalue weighted by atomic mass is 10.1. The van der Waals surface area contributed by atoms with Gasteiger partial charge >= 0.3 is 5.97 Å². The van der Waals surface area contributed by atoms with Crippen LogP contribution >= 0.6 is 0 Å². The molecule has 5 heteroatoms. The van der Waals surface area contributed by atoms with Crippen molar-refractivity contribution in [1.29, 1.82) is 0 Å². The van der Waals surface area contributed by atoms with Gasteiger partial charge in [0.05, 0.1) is 5.56 Å². The largest absolute Gasteiger partial charge is 0.507 e. The molecule has 0 radical (unpaired) electrons. The highest BCUT2D eigenvalue weighted by atomic mass is 16.4. The summed E-state index contributed by atoms with van der Waals surface area (Å²) < 4.78 is 0. The van der Waals surface area contributed by atoms with E-state index in [2.05, 4.69) is 4.99 Å². The second kappa shape index (κ2) is 6.09. The van der Waals surface area contributed by atoms with Crippen LogP contribution in [0.4, 0.5) is 5.69 Å². The highest BCUT2D eigenvalue weighted by molar-refractivity contribution is 5.93. The molecule has 0 saturated carbocycles. The molecule has 0 aromatic heterocycles. The van der Waals surface area contributed by atoms with Crippen LogP contribution < -0.4 is 0 Å². The SMILES string of the molecule is CCc1ccc(O)c(N=Cc2cc(C(=O)O)ccc2O)c1.